The van der Waals surface area contributed by atoms with E-state index in [0.717, 1.165) is 20.5 Å². The van der Waals surface area contributed by atoms with Gasteiger partial charge in [-0.3, -0.25) is 4.79 Å². The van der Waals surface area contributed by atoms with E-state index in [2.05, 4.69) is 26.6 Å². The molecule has 41 heavy (non-hydrogen) atoms. The number of halogens is 1. The number of thiophene rings is 1. The number of nitrogens with zero attached hydrogens (tertiary/aromatic N) is 1. The summed E-state index contributed by atoms with van der Waals surface area (Å²) in [6, 6.07) is 20.4. The summed E-state index contributed by atoms with van der Waals surface area (Å²) < 4.78 is 11.7. The molecule has 0 bridgehead atoms. The number of amides is 3. The van der Waals surface area contributed by atoms with E-state index in [1.807, 2.05) is 72.1 Å². The summed E-state index contributed by atoms with van der Waals surface area (Å²) in [7, 11) is 0. The Bertz CT molecular complexity index is 1230. The molecule has 3 amide bonds. The standard InChI is InChI=1S/C31H38BrN3O5S/c1-31(2,3)40-30(38)34-27(13-7-8-18-33-29(37)39-22-24-10-5-4-6-11-24)28(36)35(21-26-12-9-19-41-26)20-23-14-16-25(32)17-15-23/h4-6,9-12,14-17,19,27H,7-8,13,18,20-22H2,1-3H3,(H,33,37)(H,34,38)/t27-/m0/s1. The fraction of sp³-hybridized carbons (Fsp3) is 0.387. The minimum atomic E-state index is -0.787. The number of benzene rings is 2. The number of alkyl carbamates (subject to hydrolysis) is 2. The molecule has 3 rings (SSSR count). The molecule has 8 nitrogen and oxygen atoms in total. The van der Waals surface area contributed by atoms with E-state index in [-0.39, 0.29) is 12.5 Å². The summed E-state index contributed by atoms with van der Waals surface area (Å²) in [5.74, 6) is -0.192. The van der Waals surface area contributed by atoms with Crippen LogP contribution in [0.4, 0.5) is 9.59 Å². The smallest absolute Gasteiger partial charge is 0.408 e. The molecule has 2 N–H and O–H groups in total. The van der Waals surface area contributed by atoms with Crippen LogP contribution in [0.15, 0.2) is 76.6 Å². The van der Waals surface area contributed by atoms with Gasteiger partial charge in [-0.15, -0.1) is 11.3 Å². The van der Waals surface area contributed by atoms with Crippen LogP contribution in [0.25, 0.3) is 0 Å². The molecule has 1 heterocycles. The Morgan fingerprint density at radius 2 is 1.63 bits per heavy atom. The molecule has 220 valence electrons. The largest absolute Gasteiger partial charge is 0.445 e. The lowest BCUT2D eigenvalue weighted by Gasteiger charge is -2.29. The Balaban J connectivity index is 1.61. The SMILES string of the molecule is CC(C)(C)OC(=O)N[C@@H](CCCCNC(=O)OCc1ccccc1)C(=O)N(Cc1ccc(Br)cc1)Cc1cccs1. The summed E-state index contributed by atoms with van der Waals surface area (Å²) >= 11 is 5.04. The van der Waals surface area contributed by atoms with Crippen molar-refractivity contribution in [3.8, 4) is 0 Å². The topological polar surface area (TPSA) is 97.0 Å². The van der Waals surface area contributed by atoms with Gasteiger partial charge >= 0.3 is 12.2 Å². The molecule has 0 aliphatic rings. The highest BCUT2D eigenvalue weighted by Gasteiger charge is 2.28. The van der Waals surface area contributed by atoms with E-state index in [9.17, 15) is 14.4 Å². The van der Waals surface area contributed by atoms with Gasteiger partial charge in [-0.2, -0.15) is 0 Å². The second kappa shape index (κ2) is 16.2. The fourth-order valence-corrected chi connectivity index (χ4v) is 4.96. The molecule has 2 aromatic carbocycles. The van der Waals surface area contributed by atoms with Crippen molar-refractivity contribution < 1.29 is 23.9 Å². The first-order chi connectivity index (χ1) is 19.6. The van der Waals surface area contributed by atoms with Gasteiger partial charge in [0.2, 0.25) is 5.91 Å². The Morgan fingerprint density at radius 1 is 0.902 bits per heavy atom. The minimum Gasteiger partial charge on any atom is -0.445 e. The number of unbranched alkanes of at least 4 members (excludes halogenated alkanes) is 1. The van der Waals surface area contributed by atoms with Crippen LogP contribution in [-0.4, -0.2) is 41.2 Å². The number of ether oxygens (including phenoxy) is 2. The maximum Gasteiger partial charge on any atom is 0.408 e. The molecule has 0 radical (unpaired) electrons. The van der Waals surface area contributed by atoms with E-state index in [1.165, 1.54) is 0 Å². The molecule has 0 unspecified atom stereocenters. The van der Waals surface area contributed by atoms with E-state index in [1.54, 1.807) is 37.0 Å². The van der Waals surface area contributed by atoms with Gasteiger partial charge in [0.25, 0.3) is 0 Å². The van der Waals surface area contributed by atoms with E-state index in [0.29, 0.717) is 38.9 Å². The molecular weight excluding hydrogens is 606 g/mol. The third-order valence-electron chi connectivity index (χ3n) is 5.92. The van der Waals surface area contributed by atoms with Crippen LogP contribution in [0.2, 0.25) is 0 Å². The molecule has 1 aromatic heterocycles. The van der Waals surface area contributed by atoms with Crippen molar-refractivity contribution in [2.75, 3.05) is 6.54 Å². The zero-order valence-corrected chi connectivity index (χ0v) is 26.1. The number of hydrogen-bond acceptors (Lipinski definition) is 6. The first-order valence-corrected chi connectivity index (χ1v) is 15.3. The monoisotopic (exact) mass is 643 g/mol. The van der Waals surface area contributed by atoms with Crippen molar-refractivity contribution in [1.82, 2.24) is 15.5 Å². The zero-order chi connectivity index (χ0) is 29.7. The molecule has 1 atom stereocenters. The van der Waals surface area contributed by atoms with Crippen molar-refractivity contribution in [2.24, 2.45) is 0 Å². The van der Waals surface area contributed by atoms with Crippen LogP contribution in [0, 0.1) is 0 Å². The van der Waals surface area contributed by atoms with Gasteiger partial charge in [0.05, 0.1) is 6.54 Å². The lowest BCUT2D eigenvalue weighted by Crippen LogP contribution is -2.49. The Hall–Kier alpha value is -3.37. The van der Waals surface area contributed by atoms with Crippen LogP contribution < -0.4 is 10.6 Å². The summed E-state index contributed by atoms with van der Waals surface area (Å²) in [5, 5.41) is 7.52. The predicted octanol–water partition coefficient (Wildman–Crippen LogP) is 7.03. The van der Waals surface area contributed by atoms with E-state index < -0.39 is 23.8 Å². The quantitative estimate of drug-likeness (QED) is 0.195. The van der Waals surface area contributed by atoms with Crippen LogP contribution in [0.5, 0.6) is 0 Å². The zero-order valence-electron chi connectivity index (χ0n) is 23.7. The fourth-order valence-electron chi connectivity index (χ4n) is 3.98. The van der Waals surface area contributed by atoms with E-state index >= 15 is 0 Å². The van der Waals surface area contributed by atoms with Crippen molar-refractivity contribution in [1.29, 1.82) is 0 Å². The molecule has 0 aliphatic heterocycles. The summed E-state index contributed by atoms with van der Waals surface area (Å²) in [6.45, 7) is 6.74. The molecule has 0 saturated heterocycles. The Morgan fingerprint density at radius 3 is 2.29 bits per heavy atom. The van der Waals surface area contributed by atoms with Crippen molar-refractivity contribution in [3.63, 3.8) is 0 Å². The van der Waals surface area contributed by atoms with Crippen molar-refractivity contribution in [2.45, 2.75) is 71.4 Å². The lowest BCUT2D eigenvalue weighted by atomic mass is 10.1. The van der Waals surface area contributed by atoms with Gasteiger partial charge in [-0.25, -0.2) is 9.59 Å². The summed E-state index contributed by atoms with van der Waals surface area (Å²) in [5.41, 5.74) is 1.19. The van der Waals surface area contributed by atoms with Gasteiger partial charge in [-0.1, -0.05) is 64.5 Å². The van der Waals surface area contributed by atoms with Gasteiger partial charge in [0.15, 0.2) is 0 Å². The number of carbonyl (C=O) groups excluding carboxylic acids is 3. The van der Waals surface area contributed by atoms with Gasteiger partial charge in [-0.05, 0) is 74.7 Å². The molecule has 0 fully saturated rings. The molecule has 10 heteroatoms. The highest BCUT2D eigenvalue weighted by molar-refractivity contribution is 9.10. The van der Waals surface area contributed by atoms with Gasteiger partial charge in [0.1, 0.15) is 18.2 Å². The first-order valence-electron chi connectivity index (χ1n) is 13.6. The van der Waals surface area contributed by atoms with Crippen LogP contribution in [-0.2, 0) is 34.0 Å². The number of carbonyl (C=O) groups is 3. The maximum atomic E-state index is 13.9. The Labute approximate surface area is 254 Å². The molecule has 0 aliphatic carbocycles. The van der Waals surface area contributed by atoms with Crippen molar-refractivity contribution in [3.05, 3.63) is 92.6 Å². The maximum absolute atomic E-state index is 13.9. The average Bonchev–Trinajstić information content (AvgIpc) is 3.44. The summed E-state index contributed by atoms with van der Waals surface area (Å²) in [6.07, 6.45) is 0.456. The first kappa shape index (κ1) is 32.1. The van der Waals surface area contributed by atoms with Crippen molar-refractivity contribution >= 4 is 45.4 Å². The normalized spacial score (nSPS) is 11.8. The van der Waals surface area contributed by atoms with E-state index in [4.69, 9.17) is 9.47 Å². The molecular formula is C31H38BrN3O5S. The second-order valence-electron chi connectivity index (χ2n) is 10.6. The lowest BCUT2D eigenvalue weighted by molar-refractivity contribution is -0.135. The third-order valence-corrected chi connectivity index (χ3v) is 7.31. The second-order valence-corrected chi connectivity index (χ2v) is 12.5. The number of nitrogens with one attached hydrogen (secondary N) is 2. The van der Waals surface area contributed by atoms with Gasteiger partial charge in [0, 0.05) is 22.4 Å². The molecule has 3 aromatic rings. The highest BCUT2D eigenvalue weighted by atomic mass is 79.9. The molecule has 0 saturated carbocycles. The van der Waals surface area contributed by atoms with Gasteiger partial charge < -0.3 is 25.0 Å². The minimum absolute atomic E-state index is 0.192. The number of rotatable bonds is 13. The third kappa shape index (κ3) is 12.4. The molecule has 0 spiro atoms. The van der Waals surface area contributed by atoms with Crippen LogP contribution in [0.1, 0.15) is 56.0 Å². The highest BCUT2D eigenvalue weighted by Crippen LogP contribution is 2.19. The van der Waals surface area contributed by atoms with Crippen LogP contribution >= 0.6 is 27.3 Å². The predicted molar refractivity (Wildman–Crippen MR) is 164 cm³/mol. The average molecular weight is 645 g/mol. The number of hydrogen-bond donors (Lipinski definition) is 2. The Kier molecular flexibility index (Phi) is 12.7. The van der Waals surface area contributed by atoms with Crippen LogP contribution in [0.3, 0.4) is 0 Å². The summed E-state index contributed by atoms with van der Waals surface area (Å²) in [4.78, 5) is 41.5.